The number of benzene rings is 3. The quantitative estimate of drug-likeness (QED) is 0.307. The van der Waals surface area contributed by atoms with Gasteiger partial charge in [0.15, 0.2) is 5.76 Å². The molecule has 37 heavy (non-hydrogen) atoms. The Kier molecular flexibility index (Phi) is 6.66. The zero-order valence-corrected chi connectivity index (χ0v) is 21.1. The van der Waals surface area contributed by atoms with Crippen LogP contribution >= 0.6 is 0 Å². The first-order chi connectivity index (χ1) is 17.9. The van der Waals surface area contributed by atoms with Crippen LogP contribution < -0.4 is 0 Å². The van der Waals surface area contributed by atoms with Gasteiger partial charge in [0, 0.05) is 24.6 Å². The largest absolute Gasteiger partial charge is 0.481 e. The third-order valence-corrected chi connectivity index (χ3v) is 7.37. The first kappa shape index (κ1) is 24.5. The Morgan fingerprint density at radius 2 is 1.51 bits per heavy atom. The second-order valence-corrected chi connectivity index (χ2v) is 9.79. The number of carbonyl (C=O) groups excluding carboxylic acids is 1. The predicted molar refractivity (Wildman–Crippen MR) is 142 cm³/mol. The molecule has 0 saturated heterocycles. The number of aliphatic carboxylic acids is 1. The van der Waals surface area contributed by atoms with Crippen LogP contribution in [0.25, 0.3) is 22.5 Å². The van der Waals surface area contributed by atoms with Crippen LogP contribution in [0.3, 0.4) is 0 Å². The first-order valence-electron chi connectivity index (χ1n) is 12.6. The fourth-order valence-electron chi connectivity index (χ4n) is 4.80. The molecule has 0 aliphatic heterocycles. The maximum Gasteiger partial charge on any atom is 0.314 e. The minimum atomic E-state index is -0.744. The Morgan fingerprint density at radius 3 is 2.08 bits per heavy atom. The van der Waals surface area contributed by atoms with E-state index < -0.39 is 11.4 Å². The van der Waals surface area contributed by atoms with E-state index in [2.05, 4.69) is 17.3 Å². The number of aryl methyl sites for hydroxylation is 1. The highest BCUT2D eigenvalue weighted by Gasteiger charge is 2.51. The summed E-state index contributed by atoms with van der Waals surface area (Å²) in [5, 5.41) is 13.7. The van der Waals surface area contributed by atoms with Crippen LogP contribution in [-0.2, 0) is 28.0 Å². The van der Waals surface area contributed by atoms with Gasteiger partial charge in [-0.1, -0.05) is 84.0 Å². The fourth-order valence-corrected chi connectivity index (χ4v) is 4.80. The van der Waals surface area contributed by atoms with Gasteiger partial charge in [-0.05, 0) is 48.4 Å². The van der Waals surface area contributed by atoms with Gasteiger partial charge in [0.2, 0.25) is 5.91 Å². The monoisotopic (exact) mass is 494 g/mol. The number of nitrogens with zero attached hydrogens (tertiary/aromatic N) is 2. The molecule has 188 valence electrons. The molecule has 4 aromatic rings. The summed E-state index contributed by atoms with van der Waals surface area (Å²) in [6.45, 7) is 4.54. The average Bonchev–Trinajstić information content (AvgIpc) is 3.66. The second kappa shape index (κ2) is 10.1. The van der Waals surface area contributed by atoms with Crippen LogP contribution in [0.15, 0.2) is 83.4 Å². The van der Waals surface area contributed by atoms with Crippen LogP contribution in [0.4, 0.5) is 0 Å². The molecule has 6 heteroatoms. The number of carboxylic acid groups (broad SMARTS) is 1. The van der Waals surface area contributed by atoms with E-state index in [-0.39, 0.29) is 5.91 Å². The van der Waals surface area contributed by atoms with Crippen molar-refractivity contribution in [3.05, 3.63) is 101 Å². The van der Waals surface area contributed by atoms with Gasteiger partial charge in [0.05, 0.1) is 17.7 Å². The van der Waals surface area contributed by atoms with Crippen molar-refractivity contribution in [2.24, 2.45) is 0 Å². The van der Waals surface area contributed by atoms with Crippen LogP contribution in [0.5, 0.6) is 0 Å². The Bertz CT molecular complexity index is 1400. The lowest BCUT2D eigenvalue weighted by Gasteiger charge is -2.21. The molecule has 0 unspecified atom stereocenters. The molecular formula is C31H30N2O4. The van der Waals surface area contributed by atoms with Crippen molar-refractivity contribution in [3.63, 3.8) is 0 Å². The standard InChI is InChI=1S/C31H30N2O4/c1-21-28(20-33(22(2)34)19-16-23-6-4-3-5-7-23)29(37-32-21)26-10-8-24(9-11-26)25-12-14-27(15-13-25)31(17-18-31)30(35)36/h3-15H,16-20H2,1-2H3,(H,35,36). The second-order valence-electron chi connectivity index (χ2n) is 9.79. The van der Waals surface area contributed by atoms with Gasteiger partial charge in [0.1, 0.15) is 0 Å². The van der Waals surface area contributed by atoms with Crippen LogP contribution in [-0.4, -0.2) is 33.6 Å². The van der Waals surface area contributed by atoms with E-state index in [1.807, 2.05) is 78.6 Å². The number of carboxylic acids is 1. The van der Waals surface area contributed by atoms with Gasteiger partial charge in [0.25, 0.3) is 0 Å². The predicted octanol–water partition coefficient (Wildman–Crippen LogP) is 6.02. The Labute approximate surface area is 216 Å². The Hall–Kier alpha value is -4.19. The van der Waals surface area contributed by atoms with E-state index in [4.69, 9.17) is 4.52 Å². The minimum absolute atomic E-state index is 0.0113. The number of hydrogen-bond acceptors (Lipinski definition) is 4. The van der Waals surface area contributed by atoms with Gasteiger partial charge in [-0.15, -0.1) is 0 Å². The van der Waals surface area contributed by atoms with Crippen molar-refractivity contribution in [2.75, 3.05) is 6.54 Å². The molecule has 3 aromatic carbocycles. The van der Waals surface area contributed by atoms with Gasteiger partial charge in [-0.3, -0.25) is 9.59 Å². The molecule has 1 aliphatic carbocycles. The van der Waals surface area contributed by atoms with E-state index in [9.17, 15) is 14.7 Å². The summed E-state index contributed by atoms with van der Waals surface area (Å²) in [5.74, 6) is -0.0641. The fraction of sp³-hybridized carbons (Fsp3) is 0.258. The summed E-state index contributed by atoms with van der Waals surface area (Å²) in [6.07, 6.45) is 2.17. The Balaban J connectivity index is 1.32. The molecule has 0 atom stereocenters. The van der Waals surface area contributed by atoms with Gasteiger partial charge >= 0.3 is 5.97 Å². The summed E-state index contributed by atoms with van der Waals surface area (Å²) in [6, 6.07) is 26.0. The first-order valence-corrected chi connectivity index (χ1v) is 12.6. The van der Waals surface area contributed by atoms with Gasteiger partial charge in [-0.2, -0.15) is 0 Å². The molecule has 1 heterocycles. The molecule has 0 bridgehead atoms. The smallest absolute Gasteiger partial charge is 0.314 e. The number of carbonyl (C=O) groups is 2. The molecule has 1 fully saturated rings. The van der Waals surface area contributed by atoms with Crippen molar-refractivity contribution in [3.8, 4) is 22.5 Å². The third-order valence-electron chi connectivity index (χ3n) is 7.37. The molecule has 6 nitrogen and oxygen atoms in total. The topological polar surface area (TPSA) is 83.6 Å². The van der Waals surface area contributed by atoms with Crippen molar-refractivity contribution in [1.82, 2.24) is 10.1 Å². The molecule has 1 aromatic heterocycles. The normalized spacial score (nSPS) is 13.8. The van der Waals surface area contributed by atoms with Crippen molar-refractivity contribution < 1.29 is 19.2 Å². The van der Waals surface area contributed by atoms with E-state index in [0.29, 0.717) is 31.7 Å². The molecule has 5 rings (SSSR count). The minimum Gasteiger partial charge on any atom is -0.481 e. The molecule has 1 amide bonds. The lowest BCUT2D eigenvalue weighted by Crippen LogP contribution is -2.30. The number of aromatic nitrogens is 1. The number of amides is 1. The summed E-state index contributed by atoms with van der Waals surface area (Å²) < 4.78 is 5.71. The maximum absolute atomic E-state index is 12.4. The van der Waals surface area contributed by atoms with E-state index in [1.165, 1.54) is 5.56 Å². The summed E-state index contributed by atoms with van der Waals surface area (Å²) in [5.41, 5.74) is 5.98. The Morgan fingerprint density at radius 1 is 0.919 bits per heavy atom. The van der Waals surface area contributed by atoms with Crippen molar-refractivity contribution >= 4 is 11.9 Å². The number of rotatable bonds is 9. The van der Waals surface area contributed by atoms with Crippen molar-refractivity contribution in [1.29, 1.82) is 0 Å². The van der Waals surface area contributed by atoms with Crippen LogP contribution in [0.2, 0.25) is 0 Å². The number of hydrogen-bond donors (Lipinski definition) is 1. The van der Waals surface area contributed by atoms with Gasteiger partial charge < -0.3 is 14.5 Å². The lowest BCUT2D eigenvalue weighted by atomic mass is 9.93. The molecule has 1 N–H and O–H groups in total. The van der Waals surface area contributed by atoms with Crippen LogP contribution in [0.1, 0.15) is 42.1 Å². The van der Waals surface area contributed by atoms with E-state index in [0.717, 1.165) is 39.9 Å². The van der Waals surface area contributed by atoms with E-state index in [1.54, 1.807) is 6.92 Å². The summed E-state index contributed by atoms with van der Waals surface area (Å²) in [4.78, 5) is 25.9. The molecule has 1 aliphatic rings. The highest BCUT2D eigenvalue weighted by atomic mass is 16.5. The molecular weight excluding hydrogens is 464 g/mol. The SMILES string of the molecule is CC(=O)N(CCc1ccccc1)Cc1c(C)noc1-c1ccc(-c2ccc(C3(C(=O)O)CC3)cc2)cc1. The summed E-state index contributed by atoms with van der Waals surface area (Å²) in [7, 11) is 0. The van der Waals surface area contributed by atoms with E-state index >= 15 is 0 Å². The average molecular weight is 495 g/mol. The molecule has 0 radical (unpaired) electrons. The maximum atomic E-state index is 12.4. The molecule has 0 spiro atoms. The summed E-state index contributed by atoms with van der Waals surface area (Å²) >= 11 is 0. The van der Waals surface area contributed by atoms with Gasteiger partial charge in [-0.25, -0.2) is 0 Å². The lowest BCUT2D eigenvalue weighted by molar-refractivity contribution is -0.140. The highest BCUT2D eigenvalue weighted by Crippen LogP contribution is 2.48. The zero-order chi connectivity index (χ0) is 26.0. The van der Waals surface area contributed by atoms with Crippen LogP contribution in [0, 0.1) is 6.92 Å². The third kappa shape index (κ3) is 5.05. The zero-order valence-electron chi connectivity index (χ0n) is 21.1. The highest BCUT2D eigenvalue weighted by molar-refractivity contribution is 5.85. The van der Waals surface area contributed by atoms with Crippen molar-refractivity contribution in [2.45, 2.75) is 45.1 Å². The molecule has 1 saturated carbocycles.